The van der Waals surface area contributed by atoms with Gasteiger partial charge in [-0.1, -0.05) is 6.07 Å². The van der Waals surface area contributed by atoms with Gasteiger partial charge in [0.15, 0.2) is 0 Å². The van der Waals surface area contributed by atoms with E-state index in [4.69, 9.17) is 10.2 Å². The summed E-state index contributed by atoms with van der Waals surface area (Å²) in [4.78, 5) is 0. The summed E-state index contributed by atoms with van der Waals surface area (Å²) in [6, 6.07) is 6.13. The summed E-state index contributed by atoms with van der Waals surface area (Å²) in [7, 11) is 0. The molecule has 1 atom stereocenters. The molecule has 2 aromatic rings. The zero-order chi connectivity index (χ0) is 10.8. The van der Waals surface area contributed by atoms with E-state index in [-0.39, 0.29) is 11.9 Å². The van der Waals surface area contributed by atoms with Crippen LogP contribution in [0.5, 0.6) is 0 Å². The van der Waals surface area contributed by atoms with Gasteiger partial charge >= 0.3 is 0 Å². The van der Waals surface area contributed by atoms with Crippen LogP contribution in [0.4, 0.5) is 4.39 Å². The molecule has 0 spiro atoms. The molecule has 2 rings (SSSR count). The summed E-state index contributed by atoms with van der Waals surface area (Å²) in [6.07, 6.45) is 3.18. The van der Waals surface area contributed by atoms with Gasteiger partial charge in [0.2, 0.25) is 0 Å². The predicted molar refractivity (Wildman–Crippen MR) is 63.9 cm³/mol. The maximum Gasteiger partial charge on any atom is 0.124 e. The summed E-state index contributed by atoms with van der Waals surface area (Å²) < 4.78 is 18.7. The van der Waals surface area contributed by atoms with Gasteiger partial charge in [0.1, 0.15) is 5.82 Å². The van der Waals surface area contributed by atoms with Gasteiger partial charge in [0, 0.05) is 9.13 Å². The smallest absolute Gasteiger partial charge is 0.124 e. The van der Waals surface area contributed by atoms with Crippen LogP contribution in [0.15, 0.2) is 41.2 Å². The summed E-state index contributed by atoms with van der Waals surface area (Å²) in [5.74, 6) is -0.248. The number of furan rings is 1. The van der Waals surface area contributed by atoms with E-state index in [1.807, 2.05) is 6.07 Å². The van der Waals surface area contributed by atoms with Gasteiger partial charge in [-0.25, -0.2) is 4.39 Å². The first-order valence-corrected chi connectivity index (χ1v) is 5.49. The van der Waals surface area contributed by atoms with E-state index < -0.39 is 0 Å². The molecule has 0 aliphatic heterocycles. The van der Waals surface area contributed by atoms with Crippen molar-refractivity contribution in [3.8, 4) is 0 Å². The molecular formula is C11H9FINO. The number of rotatable bonds is 2. The lowest BCUT2D eigenvalue weighted by molar-refractivity contribution is 0.562. The number of halogens is 2. The molecule has 0 bridgehead atoms. The fourth-order valence-corrected chi connectivity index (χ4v) is 2.20. The second-order valence-electron chi connectivity index (χ2n) is 3.20. The molecule has 4 heteroatoms. The Kier molecular flexibility index (Phi) is 3.06. The van der Waals surface area contributed by atoms with Crippen LogP contribution < -0.4 is 5.73 Å². The van der Waals surface area contributed by atoms with Crippen LogP contribution in [-0.4, -0.2) is 0 Å². The van der Waals surface area contributed by atoms with Gasteiger partial charge < -0.3 is 10.2 Å². The van der Waals surface area contributed by atoms with Crippen molar-refractivity contribution in [2.24, 2.45) is 5.73 Å². The topological polar surface area (TPSA) is 39.2 Å². The minimum atomic E-state index is -0.267. The van der Waals surface area contributed by atoms with Crippen molar-refractivity contribution in [2.45, 2.75) is 6.04 Å². The molecule has 0 saturated heterocycles. The Labute approximate surface area is 100 Å². The minimum absolute atomic E-state index is 0.248. The van der Waals surface area contributed by atoms with E-state index >= 15 is 0 Å². The first kappa shape index (κ1) is 10.6. The Morgan fingerprint density at radius 1 is 1.33 bits per heavy atom. The molecule has 1 unspecified atom stereocenters. The summed E-state index contributed by atoms with van der Waals surface area (Å²) >= 11 is 2.08. The van der Waals surface area contributed by atoms with Crippen molar-refractivity contribution in [3.63, 3.8) is 0 Å². The fourth-order valence-electron chi connectivity index (χ4n) is 1.39. The van der Waals surface area contributed by atoms with Crippen LogP contribution in [-0.2, 0) is 0 Å². The van der Waals surface area contributed by atoms with Crippen LogP contribution in [0.1, 0.15) is 17.2 Å². The lowest BCUT2D eigenvalue weighted by atomic mass is 10.0. The molecule has 0 saturated carbocycles. The van der Waals surface area contributed by atoms with E-state index in [1.165, 1.54) is 12.1 Å². The predicted octanol–water partition coefficient (Wildman–Crippen LogP) is 3.07. The standard InChI is InChI=1S/C11H9FINO/c12-8-1-2-9(10(13)5-8)11(14)7-3-4-15-6-7/h1-6,11H,14H2. The van der Waals surface area contributed by atoms with Gasteiger partial charge in [-0.3, -0.25) is 0 Å². The quantitative estimate of drug-likeness (QED) is 0.865. The van der Waals surface area contributed by atoms with E-state index in [0.717, 1.165) is 14.7 Å². The highest BCUT2D eigenvalue weighted by atomic mass is 127. The highest BCUT2D eigenvalue weighted by molar-refractivity contribution is 14.1. The van der Waals surface area contributed by atoms with Crippen molar-refractivity contribution in [3.05, 3.63) is 57.3 Å². The van der Waals surface area contributed by atoms with Gasteiger partial charge in [0.25, 0.3) is 0 Å². The van der Waals surface area contributed by atoms with Crippen molar-refractivity contribution in [2.75, 3.05) is 0 Å². The largest absolute Gasteiger partial charge is 0.472 e. The molecule has 0 fully saturated rings. The average Bonchev–Trinajstić information content (AvgIpc) is 2.69. The Hall–Kier alpha value is -0.880. The van der Waals surface area contributed by atoms with Crippen LogP contribution in [0, 0.1) is 9.39 Å². The van der Waals surface area contributed by atoms with Gasteiger partial charge in [-0.2, -0.15) is 0 Å². The van der Waals surface area contributed by atoms with Crippen LogP contribution >= 0.6 is 22.6 Å². The summed E-state index contributed by atoms with van der Waals surface area (Å²) in [5, 5.41) is 0. The highest BCUT2D eigenvalue weighted by Crippen LogP contribution is 2.24. The molecule has 1 aromatic carbocycles. The molecule has 1 aromatic heterocycles. The highest BCUT2D eigenvalue weighted by Gasteiger charge is 2.13. The lowest BCUT2D eigenvalue weighted by Crippen LogP contribution is -2.12. The van der Waals surface area contributed by atoms with Crippen LogP contribution in [0.2, 0.25) is 0 Å². The van der Waals surface area contributed by atoms with Gasteiger partial charge in [-0.05, 0) is 46.4 Å². The summed E-state index contributed by atoms with van der Waals surface area (Å²) in [6.45, 7) is 0. The monoisotopic (exact) mass is 317 g/mol. The van der Waals surface area contributed by atoms with Crippen molar-refractivity contribution in [1.29, 1.82) is 0 Å². The second kappa shape index (κ2) is 4.32. The third kappa shape index (κ3) is 2.21. The molecule has 0 radical (unpaired) electrons. The Morgan fingerprint density at radius 3 is 2.73 bits per heavy atom. The van der Waals surface area contributed by atoms with Crippen LogP contribution in [0.25, 0.3) is 0 Å². The maximum atomic E-state index is 12.9. The molecule has 0 aliphatic carbocycles. The number of nitrogens with two attached hydrogens (primary N) is 1. The number of hydrogen-bond acceptors (Lipinski definition) is 2. The molecule has 2 N–H and O–H groups in total. The molecule has 0 amide bonds. The van der Waals surface area contributed by atoms with E-state index in [9.17, 15) is 4.39 Å². The van der Waals surface area contributed by atoms with E-state index in [0.29, 0.717) is 0 Å². The van der Waals surface area contributed by atoms with Crippen molar-refractivity contribution >= 4 is 22.6 Å². The SMILES string of the molecule is NC(c1ccoc1)c1ccc(F)cc1I. The van der Waals surface area contributed by atoms with Crippen LogP contribution in [0.3, 0.4) is 0 Å². The van der Waals surface area contributed by atoms with Gasteiger partial charge in [0.05, 0.1) is 18.6 Å². The fraction of sp³-hybridized carbons (Fsp3) is 0.0909. The normalized spacial score (nSPS) is 12.7. The third-order valence-electron chi connectivity index (χ3n) is 2.20. The molecule has 1 heterocycles. The first-order valence-electron chi connectivity index (χ1n) is 4.41. The molecule has 78 valence electrons. The van der Waals surface area contributed by atoms with Crippen molar-refractivity contribution < 1.29 is 8.81 Å². The van der Waals surface area contributed by atoms with Gasteiger partial charge in [-0.15, -0.1) is 0 Å². The Morgan fingerprint density at radius 2 is 2.13 bits per heavy atom. The van der Waals surface area contributed by atoms with E-state index in [2.05, 4.69) is 22.6 Å². The Balaban J connectivity index is 2.38. The molecular weight excluding hydrogens is 308 g/mol. The lowest BCUT2D eigenvalue weighted by Gasteiger charge is -2.11. The van der Waals surface area contributed by atoms with Crippen molar-refractivity contribution in [1.82, 2.24) is 0 Å². The summed E-state index contributed by atoms with van der Waals surface area (Å²) in [5.41, 5.74) is 7.81. The minimum Gasteiger partial charge on any atom is -0.472 e. The third-order valence-corrected chi connectivity index (χ3v) is 3.13. The molecule has 2 nitrogen and oxygen atoms in total. The molecule has 15 heavy (non-hydrogen) atoms. The zero-order valence-corrected chi connectivity index (χ0v) is 9.94. The maximum absolute atomic E-state index is 12.9. The number of hydrogen-bond donors (Lipinski definition) is 1. The first-order chi connectivity index (χ1) is 7.18. The van der Waals surface area contributed by atoms with E-state index in [1.54, 1.807) is 18.6 Å². The zero-order valence-electron chi connectivity index (χ0n) is 7.78. The molecule has 0 aliphatic rings. The average molecular weight is 317 g/mol. The second-order valence-corrected chi connectivity index (χ2v) is 4.36. The number of benzene rings is 1. The Bertz CT molecular complexity index is 456.